The molecule has 1 rings (SSSR count). The predicted molar refractivity (Wildman–Crippen MR) is 44.3 cm³/mol. The third kappa shape index (κ3) is 1.63. The Bertz CT molecular complexity index is 301. The highest BCUT2D eigenvalue weighted by molar-refractivity contribution is 9.10. The maximum Gasteiger partial charge on any atom is 0.153 e. The molecule has 0 amide bonds. The molecule has 0 aromatic heterocycles. The van der Waals surface area contributed by atoms with E-state index in [0.717, 1.165) is 5.56 Å². The van der Waals surface area contributed by atoms with Gasteiger partial charge in [-0.15, -0.1) is 4.91 Å². The quantitative estimate of drug-likeness (QED) is 0.665. The van der Waals surface area contributed by atoms with Crippen molar-refractivity contribution < 1.29 is 4.39 Å². The molecule has 0 N–H and O–H groups in total. The second-order valence-corrected chi connectivity index (χ2v) is 3.00. The van der Waals surface area contributed by atoms with Gasteiger partial charge in [0.15, 0.2) is 5.82 Å². The molecule has 0 heterocycles. The van der Waals surface area contributed by atoms with Gasteiger partial charge in [-0.05, 0) is 29.8 Å². The summed E-state index contributed by atoms with van der Waals surface area (Å²) in [5.41, 5.74) is 0.645. The van der Waals surface area contributed by atoms with Crippen LogP contribution in [0.15, 0.2) is 21.8 Å². The van der Waals surface area contributed by atoms with Crippen LogP contribution in [0.3, 0.4) is 0 Å². The molecule has 0 fully saturated rings. The summed E-state index contributed by atoms with van der Waals surface area (Å²) in [6, 6.07) is 2.62. The van der Waals surface area contributed by atoms with Crippen LogP contribution in [0, 0.1) is 17.6 Å². The Kier molecular flexibility index (Phi) is 2.34. The van der Waals surface area contributed by atoms with Gasteiger partial charge >= 0.3 is 0 Å². The van der Waals surface area contributed by atoms with E-state index >= 15 is 0 Å². The van der Waals surface area contributed by atoms with Crippen molar-refractivity contribution in [1.82, 2.24) is 0 Å². The van der Waals surface area contributed by atoms with E-state index in [-0.39, 0.29) is 5.69 Å². The first kappa shape index (κ1) is 8.33. The lowest BCUT2D eigenvalue weighted by atomic mass is 10.2. The van der Waals surface area contributed by atoms with E-state index in [1.54, 1.807) is 6.92 Å². The molecule has 1 aromatic rings. The van der Waals surface area contributed by atoms with E-state index in [1.165, 1.54) is 12.1 Å². The van der Waals surface area contributed by atoms with Crippen LogP contribution in [0.1, 0.15) is 5.56 Å². The molecule has 0 atom stereocenters. The Morgan fingerprint density at radius 2 is 2.18 bits per heavy atom. The number of hydrogen-bond donors (Lipinski definition) is 0. The Hall–Kier alpha value is -0.770. The van der Waals surface area contributed by atoms with Crippen molar-refractivity contribution in [3.8, 4) is 0 Å². The summed E-state index contributed by atoms with van der Waals surface area (Å²) in [5.74, 6) is -0.600. The number of nitroso groups, excluding NO2 is 1. The fourth-order valence-electron chi connectivity index (χ4n) is 0.712. The van der Waals surface area contributed by atoms with Crippen LogP contribution in [0.25, 0.3) is 0 Å². The first-order chi connectivity index (χ1) is 5.15. The monoisotopic (exact) mass is 217 g/mol. The standard InChI is InChI=1S/C7H5BrFNO/c1-4-2-7(10-11)6(9)3-5(4)8/h2-3H,1H3. The summed E-state index contributed by atoms with van der Waals surface area (Å²) >= 11 is 3.13. The van der Waals surface area contributed by atoms with Crippen molar-refractivity contribution in [2.24, 2.45) is 5.18 Å². The molecule has 1 aromatic carbocycles. The topological polar surface area (TPSA) is 29.4 Å². The third-order valence-electron chi connectivity index (χ3n) is 1.33. The number of benzene rings is 1. The van der Waals surface area contributed by atoms with Gasteiger partial charge in [-0.25, -0.2) is 4.39 Å². The lowest BCUT2D eigenvalue weighted by Gasteiger charge is -1.98. The van der Waals surface area contributed by atoms with Crippen LogP contribution < -0.4 is 0 Å². The fraction of sp³-hybridized carbons (Fsp3) is 0.143. The molecule has 2 nitrogen and oxygen atoms in total. The van der Waals surface area contributed by atoms with Gasteiger partial charge < -0.3 is 0 Å². The Balaban J connectivity index is 3.31. The van der Waals surface area contributed by atoms with E-state index in [9.17, 15) is 9.30 Å². The highest BCUT2D eigenvalue weighted by Crippen LogP contribution is 2.25. The molecule has 0 aliphatic heterocycles. The molecule has 0 radical (unpaired) electrons. The van der Waals surface area contributed by atoms with E-state index < -0.39 is 5.82 Å². The molecule has 0 aliphatic carbocycles. The molecule has 0 spiro atoms. The second kappa shape index (κ2) is 3.09. The fourth-order valence-corrected chi connectivity index (χ4v) is 1.03. The molecular formula is C7H5BrFNO. The van der Waals surface area contributed by atoms with Crippen molar-refractivity contribution in [3.05, 3.63) is 32.9 Å². The van der Waals surface area contributed by atoms with Crippen molar-refractivity contribution in [3.63, 3.8) is 0 Å². The lowest BCUT2D eigenvalue weighted by molar-refractivity contribution is 0.628. The number of aryl methyl sites for hydroxylation is 1. The zero-order chi connectivity index (χ0) is 8.43. The average molecular weight is 218 g/mol. The van der Waals surface area contributed by atoms with E-state index in [4.69, 9.17) is 0 Å². The Labute approximate surface area is 71.5 Å². The van der Waals surface area contributed by atoms with Gasteiger partial charge in [-0.2, -0.15) is 0 Å². The summed E-state index contributed by atoms with van der Waals surface area (Å²) < 4.78 is 13.3. The van der Waals surface area contributed by atoms with Gasteiger partial charge in [0.05, 0.1) is 0 Å². The van der Waals surface area contributed by atoms with Crippen LogP contribution >= 0.6 is 15.9 Å². The highest BCUT2D eigenvalue weighted by Gasteiger charge is 2.04. The van der Waals surface area contributed by atoms with E-state index in [0.29, 0.717) is 4.47 Å². The molecule has 11 heavy (non-hydrogen) atoms. The summed E-state index contributed by atoms with van der Waals surface area (Å²) in [6.45, 7) is 1.76. The van der Waals surface area contributed by atoms with Crippen LogP contribution in [0.2, 0.25) is 0 Å². The number of hydrogen-bond acceptors (Lipinski definition) is 2. The zero-order valence-electron chi connectivity index (χ0n) is 5.77. The molecule has 0 saturated carbocycles. The number of halogens is 2. The first-order valence-electron chi connectivity index (χ1n) is 2.94. The molecule has 0 bridgehead atoms. The molecule has 0 unspecified atom stereocenters. The van der Waals surface area contributed by atoms with Crippen LogP contribution in [-0.4, -0.2) is 0 Å². The predicted octanol–water partition coefficient (Wildman–Crippen LogP) is 3.29. The van der Waals surface area contributed by atoms with E-state index in [2.05, 4.69) is 21.1 Å². The van der Waals surface area contributed by atoms with Gasteiger partial charge in [0.25, 0.3) is 0 Å². The number of nitrogens with zero attached hydrogens (tertiary/aromatic N) is 1. The molecular weight excluding hydrogens is 213 g/mol. The van der Waals surface area contributed by atoms with E-state index in [1.807, 2.05) is 0 Å². The summed E-state index contributed by atoms with van der Waals surface area (Å²) in [5, 5.41) is 2.53. The smallest absolute Gasteiger partial charge is 0.153 e. The Morgan fingerprint density at radius 3 is 2.73 bits per heavy atom. The zero-order valence-corrected chi connectivity index (χ0v) is 7.35. The van der Waals surface area contributed by atoms with Gasteiger partial charge in [-0.1, -0.05) is 15.9 Å². The minimum absolute atomic E-state index is 0.147. The van der Waals surface area contributed by atoms with Crippen molar-refractivity contribution in [1.29, 1.82) is 0 Å². The minimum Gasteiger partial charge on any atom is -0.204 e. The van der Waals surface area contributed by atoms with Crippen molar-refractivity contribution >= 4 is 21.6 Å². The lowest BCUT2D eigenvalue weighted by Crippen LogP contribution is -1.79. The Morgan fingerprint density at radius 1 is 1.55 bits per heavy atom. The highest BCUT2D eigenvalue weighted by atomic mass is 79.9. The van der Waals surface area contributed by atoms with Gasteiger partial charge in [0.1, 0.15) is 5.69 Å². The minimum atomic E-state index is -0.600. The number of rotatable bonds is 1. The summed E-state index contributed by atoms with van der Waals surface area (Å²) in [4.78, 5) is 9.99. The van der Waals surface area contributed by atoms with Crippen LogP contribution in [0.4, 0.5) is 10.1 Å². The maximum absolute atomic E-state index is 12.7. The normalized spacial score (nSPS) is 9.73. The first-order valence-corrected chi connectivity index (χ1v) is 3.73. The molecule has 0 aliphatic rings. The van der Waals surface area contributed by atoms with Gasteiger partial charge in [0, 0.05) is 4.47 Å². The largest absolute Gasteiger partial charge is 0.204 e. The average Bonchev–Trinajstić information content (AvgIpc) is 1.97. The van der Waals surface area contributed by atoms with Crippen molar-refractivity contribution in [2.75, 3.05) is 0 Å². The molecule has 4 heteroatoms. The summed E-state index contributed by atoms with van der Waals surface area (Å²) in [6.07, 6.45) is 0. The van der Waals surface area contributed by atoms with Crippen LogP contribution in [0.5, 0.6) is 0 Å². The van der Waals surface area contributed by atoms with Gasteiger partial charge in [-0.3, -0.25) is 0 Å². The van der Waals surface area contributed by atoms with Gasteiger partial charge in [0.2, 0.25) is 0 Å². The van der Waals surface area contributed by atoms with Crippen molar-refractivity contribution in [2.45, 2.75) is 6.92 Å². The SMILES string of the molecule is Cc1cc(N=O)c(F)cc1Br. The molecule has 0 saturated heterocycles. The molecule has 58 valence electrons. The third-order valence-corrected chi connectivity index (χ3v) is 2.18. The maximum atomic E-state index is 12.7. The summed E-state index contributed by atoms with van der Waals surface area (Å²) in [7, 11) is 0. The second-order valence-electron chi connectivity index (χ2n) is 2.14. The van der Waals surface area contributed by atoms with Crippen LogP contribution in [-0.2, 0) is 0 Å².